The molecule has 0 aliphatic carbocycles. The Bertz CT molecular complexity index is 1800. The second kappa shape index (κ2) is 69.8. The first-order valence-corrected chi connectivity index (χ1v) is 34.3. The lowest BCUT2D eigenvalue weighted by Crippen LogP contribution is -2.30. The highest BCUT2D eigenvalue weighted by atomic mass is 16.6. The Labute approximate surface area is 512 Å². The zero-order valence-corrected chi connectivity index (χ0v) is 53.9. The molecule has 0 heterocycles. The lowest BCUT2D eigenvalue weighted by Gasteiger charge is -2.18. The van der Waals surface area contributed by atoms with E-state index in [1.807, 2.05) is 0 Å². The van der Waals surface area contributed by atoms with Crippen molar-refractivity contribution in [3.63, 3.8) is 0 Å². The standard InChI is InChI=1S/C77H126O6/c1-4-7-10-13-16-19-22-25-28-30-32-33-34-35-36-37-38-39-40-41-42-43-45-46-49-52-55-58-61-64-67-70-76(79)82-73-74(72-81-75(78)69-66-63-60-57-54-51-48-27-24-21-18-15-12-9-6-3)83-77(80)71-68-65-62-59-56-53-50-47-44-31-29-26-23-20-17-14-11-8-5-2/h7-8,10-11,16-17,19-20,25-29,32-33,35-36,38-39,44,47-48,53,56,74H,4-6,9,12-15,18,21-24,30-31,34,37,40-43,45-46,49-52,54-55,57-73H2,1-3H3/b10-7-,11-8-,19-16-,20-17-,28-25-,29-26-,33-32-,36-35-,39-38-,47-44-,48-27-,56-53-. The molecule has 83 heavy (non-hydrogen) atoms. The van der Waals surface area contributed by atoms with E-state index in [4.69, 9.17) is 14.2 Å². The highest BCUT2D eigenvalue weighted by molar-refractivity contribution is 5.71. The van der Waals surface area contributed by atoms with Crippen LogP contribution < -0.4 is 0 Å². The van der Waals surface area contributed by atoms with Crippen LogP contribution in [-0.4, -0.2) is 37.2 Å². The summed E-state index contributed by atoms with van der Waals surface area (Å²) in [4.78, 5) is 38.4. The van der Waals surface area contributed by atoms with Crippen molar-refractivity contribution in [2.75, 3.05) is 13.2 Å². The van der Waals surface area contributed by atoms with E-state index in [0.29, 0.717) is 12.8 Å². The average molecular weight is 1150 g/mol. The number of ether oxygens (including phenoxy) is 3. The lowest BCUT2D eigenvalue weighted by atomic mass is 10.0. The molecule has 0 aliphatic rings. The fraction of sp³-hybridized carbons (Fsp3) is 0.649. The first kappa shape index (κ1) is 78.3. The van der Waals surface area contributed by atoms with Crippen molar-refractivity contribution < 1.29 is 28.6 Å². The molecule has 470 valence electrons. The molecule has 6 nitrogen and oxygen atoms in total. The Hall–Kier alpha value is -4.71. The molecule has 6 heteroatoms. The normalized spacial score (nSPS) is 13.0. The van der Waals surface area contributed by atoms with Crippen LogP contribution in [0, 0.1) is 0 Å². The molecule has 0 aromatic carbocycles. The van der Waals surface area contributed by atoms with E-state index in [-0.39, 0.29) is 37.5 Å². The quantitative estimate of drug-likeness (QED) is 0.0261. The van der Waals surface area contributed by atoms with Gasteiger partial charge in [-0.05, 0) is 141 Å². The minimum Gasteiger partial charge on any atom is -0.462 e. The molecular formula is C77H126O6. The molecule has 0 saturated heterocycles. The van der Waals surface area contributed by atoms with Crippen molar-refractivity contribution in [2.45, 2.75) is 309 Å². The SMILES string of the molecule is CC/C=C\C/C=C\C/C=C\C/C=C\C/C=C\C/C=C\CCCCCCCCCCCCCCC(=O)OCC(COC(=O)CCCCCCC/C=C\CCCCCCCC)OC(=O)CCCCC/C=C\C/C=C\C/C=C\C/C=C\C/C=C\CC. The van der Waals surface area contributed by atoms with Gasteiger partial charge in [0.25, 0.3) is 0 Å². The van der Waals surface area contributed by atoms with Gasteiger partial charge in [0.05, 0.1) is 0 Å². The van der Waals surface area contributed by atoms with Gasteiger partial charge in [-0.1, -0.05) is 289 Å². The van der Waals surface area contributed by atoms with Crippen molar-refractivity contribution in [1.82, 2.24) is 0 Å². The maximum Gasteiger partial charge on any atom is 0.306 e. The fourth-order valence-corrected chi connectivity index (χ4v) is 9.23. The molecule has 0 aromatic heterocycles. The van der Waals surface area contributed by atoms with Crippen LogP contribution in [0.2, 0.25) is 0 Å². The van der Waals surface area contributed by atoms with E-state index in [0.717, 1.165) is 148 Å². The molecule has 0 amide bonds. The number of hydrogen-bond donors (Lipinski definition) is 0. The summed E-state index contributed by atoms with van der Waals surface area (Å²) in [6.45, 7) is 6.39. The van der Waals surface area contributed by atoms with Crippen LogP contribution in [-0.2, 0) is 28.6 Å². The lowest BCUT2D eigenvalue weighted by molar-refractivity contribution is -0.167. The number of rotatable bonds is 61. The summed E-state index contributed by atoms with van der Waals surface area (Å²) >= 11 is 0. The third-order valence-electron chi connectivity index (χ3n) is 14.3. The number of allylic oxidation sites excluding steroid dienone is 24. The van der Waals surface area contributed by atoms with E-state index < -0.39 is 6.10 Å². The monoisotopic (exact) mass is 1150 g/mol. The van der Waals surface area contributed by atoms with Crippen LogP contribution in [0.25, 0.3) is 0 Å². The molecule has 0 fully saturated rings. The van der Waals surface area contributed by atoms with Crippen molar-refractivity contribution in [3.8, 4) is 0 Å². The van der Waals surface area contributed by atoms with Gasteiger partial charge in [0, 0.05) is 19.3 Å². The third kappa shape index (κ3) is 68.0. The molecule has 0 saturated carbocycles. The van der Waals surface area contributed by atoms with Gasteiger partial charge < -0.3 is 14.2 Å². The van der Waals surface area contributed by atoms with Crippen molar-refractivity contribution in [3.05, 3.63) is 146 Å². The van der Waals surface area contributed by atoms with Crippen LogP contribution in [0.15, 0.2) is 146 Å². The van der Waals surface area contributed by atoms with E-state index >= 15 is 0 Å². The Morgan fingerprint density at radius 1 is 0.253 bits per heavy atom. The van der Waals surface area contributed by atoms with Crippen LogP contribution >= 0.6 is 0 Å². The van der Waals surface area contributed by atoms with Crippen LogP contribution in [0.3, 0.4) is 0 Å². The molecule has 0 radical (unpaired) electrons. The van der Waals surface area contributed by atoms with Gasteiger partial charge in [0.15, 0.2) is 6.10 Å². The summed E-state index contributed by atoms with van der Waals surface area (Å²) in [5, 5.41) is 0. The van der Waals surface area contributed by atoms with Gasteiger partial charge >= 0.3 is 17.9 Å². The van der Waals surface area contributed by atoms with Crippen LogP contribution in [0.1, 0.15) is 303 Å². The molecular weight excluding hydrogens is 1020 g/mol. The Kier molecular flexibility index (Phi) is 65.8. The highest BCUT2D eigenvalue weighted by Gasteiger charge is 2.19. The summed E-state index contributed by atoms with van der Waals surface area (Å²) in [5.74, 6) is -0.937. The third-order valence-corrected chi connectivity index (χ3v) is 14.3. The van der Waals surface area contributed by atoms with Gasteiger partial charge in [0.2, 0.25) is 0 Å². The second-order valence-electron chi connectivity index (χ2n) is 22.3. The zero-order valence-electron chi connectivity index (χ0n) is 53.9. The van der Waals surface area contributed by atoms with Crippen LogP contribution in [0.5, 0.6) is 0 Å². The number of carbonyl (C=O) groups is 3. The summed E-state index contributed by atoms with van der Waals surface area (Å²) in [5.41, 5.74) is 0. The number of esters is 3. The van der Waals surface area contributed by atoms with Crippen LogP contribution in [0.4, 0.5) is 0 Å². The Morgan fingerprint density at radius 2 is 0.470 bits per heavy atom. The van der Waals surface area contributed by atoms with Gasteiger partial charge in [-0.2, -0.15) is 0 Å². The molecule has 0 aromatic rings. The minimum absolute atomic E-state index is 0.0984. The summed E-state index contributed by atoms with van der Waals surface area (Å²) in [6.07, 6.45) is 100. The summed E-state index contributed by atoms with van der Waals surface area (Å²) in [6, 6.07) is 0. The predicted octanol–water partition coefficient (Wildman–Crippen LogP) is 23.9. The van der Waals surface area contributed by atoms with Crippen molar-refractivity contribution in [1.29, 1.82) is 0 Å². The molecule has 1 atom stereocenters. The highest BCUT2D eigenvalue weighted by Crippen LogP contribution is 2.16. The Balaban J connectivity index is 4.35. The van der Waals surface area contributed by atoms with Crippen molar-refractivity contribution >= 4 is 17.9 Å². The molecule has 0 aliphatic heterocycles. The molecule has 0 rings (SSSR count). The van der Waals surface area contributed by atoms with Gasteiger partial charge in [-0.15, -0.1) is 0 Å². The largest absolute Gasteiger partial charge is 0.462 e. The molecule has 0 spiro atoms. The molecule has 0 N–H and O–H groups in total. The van der Waals surface area contributed by atoms with Gasteiger partial charge in [0.1, 0.15) is 13.2 Å². The first-order valence-electron chi connectivity index (χ1n) is 34.3. The topological polar surface area (TPSA) is 78.9 Å². The van der Waals surface area contributed by atoms with Gasteiger partial charge in [-0.25, -0.2) is 0 Å². The predicted molar refractivity (Wildman–Crippen MR) is 362 cm³/mol. The van der Waals surface area contributed by atoms with E-state index in [9.17, 15) is 14.4 Å². The van der Waals surface area contributed by atoms with E-state index in [2.05, 4.69) is 167 Å². The number of hydrogen-bond acceptors (Lipinski definition) is 6. The number of carbonyl (C=O) groups excluding carboxylic acids is 3. The number of unbranched alkanes of at least 4 members (excludes halogenated alkanes) is 26. The summed E-state index contributed by atoms with van der Waals surface area (Å²) in [7, 11) is 0. The Morgan fingerprint density at radius 3 is 0.759 bits per heavy atom. The first-order chi connectivity index (χ1) is 41.0. The fourth-order valence-electron chi connectivity index (χ4n) is 9.23. The van der Waals surface area contributed by atoms with Crippen molar-refractivity contribution in [2.24, 2.45) is 0 Å². The van der Waals surface area contributed by atoms with Gasteiger partial charge in [-0.3, -0.25) is 14.4 Å². The molecule has 1 unspecified atom stereocenters. The van der Waals surface area contributed by atoms with E-state index in [1.165, 1.54) is 116 Å². The molecule has 0 bridgehead atoms. The second-order valence-corrected chi connectivity index (χ2v) is 22.3. The maximum atomic E-state index is 12.9. The van der Waals surface area contributed by atoms with E-state index in [1.54, 1.807) is 0 Å². The zero-order chi connectivity index (χ0) is 59.9. The summed E-state index contributed by atoms with van der Waals surface area (Å²) < 4.78 is 16.9. The maximum absolute atomic E-state index is 12.9. The minimum atomic E-state index is -0.806. The average Bonchev–Trinajstić information content (AvgIpc) is 3.49. The smallest absolute Gasteiger partial charge is 0.306 e.